The van der Waals surface area contributed by atoms with Gasteiger partial charge in [0.15, 0.2) is 11.5 Å². The number of aromatic nitrogens is 2. The number of likely N-dealkylation sites (N-methyl/N-ethyl adjacent to an activating group) is 1. The zero-order chi connectivity index (χ0) is 14.5. The highest BCUT2D eigenvalue weighted by atomic mass is 16.5. The van der Waals surface area contributed by atoms with Gasteiger partial charge in [-0.05, 0) is 25.1 Å². The molecule has 2 rings (SSSR count). The molecule has 5 nitrogen and oxygen atoms in total. The molecule has 0 fully saturated rings. The zero-order valence-corrected chi connectivity index (χ0v) is 12.4. The van der Waals surface area contributed by atoms with Crippen LogP contribution in [0.25, 0.3) is 0 Å². The molecule has 108 valence electrons. The molecule has 5 heteroatoms. The molecule has 0 spiro atoms. The first-order chi connectivity index (χ1) is 9.69. The molecule has 20 heavy (non-hydrogen) atoms. The van der Waals surface area contributed by atoms with Crippen molar-refractivity contribution in [2.75, 3.05) is 21.3 Å². The van der Waals surface area contributed by atoms with Crippen LogP contribution in [0.2, 0.25) is 0 Å². The van der Waals surface area contributed by atoms with Gasteiger partial charge >= 0.3 is 0 Å². The molecule has 1 unspecified atom stereocenters. The van der Waals surface area contributed by atoms with Crippen molar-refractivity contribution in [3.8, 4) is 11.5 Å². The van der Waals surface area contributed by atoms with Crippen LogP contribution in [0.5, 0.6) is 11.5 Å². The second-order valence-electron chi connectivity index (χ2n) is 4.65. The van der Waals surface area contributed by atoms with E-state index < -0.39 is 0 Å². The second-order valence-corrected chi connectivity index (χ2v) is 4.65. The summed E-state index contributed by atoms with van der Waals surface area (Å²) < 4.78 is 12.7. The number of benzene rings is 1. The molecule has 0 saturated carbocycles. The molecule has 1 aromatic heterocycles. The van der Waals surface area contributed by atoms with Gasteiger partial charge in [0.1, 0.15) is 0 Å². The maximum absolute atomic E-state index is 5.51. The number of hydrogen-bond donors (Lipinski definition) is 1. The van der Waals surface area contributed by atoms with E-state index in [9.17, 15) is 0 Å². The minimum Gasteiger partial charge on any atom is -0.493 e. The lowest BCUT2D eigenvalue weighted by atomic mass is 9.99. The van der Waals surface area contributed by atoms with Crippen molar-refractivity contribution >= 4 is 0 Å². The summed E-state index contributed by atoms with van der Waals surface area (Å²) in [4.78, 5) is 0. The normalized spacial score (nSPS) is 12.2. The number of para-hydroxylation sites is 1. The predicted octanol–water partition coefficient (Wildman–Crippen LogP) is 1.94. The third-order valence-corrected chi connectivity index (χ3v) is 3.36. The van der Waals surface area contributed by atoms with Crippen LogP contribution in [0.4, 0.5) is 0 Å². The first-order valence-electron chi connectivity index (χ1n) is 6.55. The SMILES string of the molecule is CNC(Cc1cnn(C)c1)c1cccc(OC)c1OC. The van der Waals surface area contributed by atoms with Gasteiger partial charge in [-0.2, -0.15) is 5.10 Å². The van der Waals surface area contributed by atoms with E-state index in [1.165, 1.54) is 5.56 Å². The molecule has 1 heterocycles. The van der Waals surface area contributed by atoms with Crippen LogP contribution in [-0.4, -0.2) is 31.0 Å². The molecule has 0 bridgehead atoms. The highest BCUT2D eigenvalue weighted by Gasteiger charge is 2.18. The summed E-state index contributed by atoms with van der Waals surface area (Å²) in [6.07, 6.45) is 4.75. The maximum atomic E-state index is 5.51. The van der Waals surface area contributed by atoms with E-state index in [4.69, 9.17) is 9.47 Å². The smallest absolute Gasteiger partial charge is 0.165 e. The van der Waals surface area contributed by atoms with E-state index in [2.05, 4.69) is 16.5 Å². The summed E-state index contributed by atoms with van der Waals surface area (Å²) in [5, 5.41) is 7.54. The molecule has 1 N–H and O–H groups in total. The first-order valence-corrected chi connectivity index (χ1v) is 6.55. The lowest BCUT2D eigenvalue weighted by Gasteiger charge is -2.20. The van der Waals surface area contributed by atoms with Crippen molar-refractivity contribution in [2.45, 2.75) is 12.5 Å². The largest absolute Gasteiger partial charge is 0.493 e. The number of rotatable bonds is 6. The number of ether oxygens (including phenoxy) is 2. The Balaban J connectivity index is 2.31. The number of nitrogens with one attached hydrogen (secondary N) is 1. The van der Waals surface area contributed by atoms with Gasteiger partial charge < -0.3 is 14.8 Å². The van der Waals surface area contributed by atoms with Gasteiger partial charge in [-0.3, -0.25) is 4.68 Å². The Morgan fingerprint density at radius 3 is 2.65 bits per heavy atom. The molecular formula is C15H21N3O2. The average molecular weight is 275 g/mol. The molecule has 2 aromatic rings. The van der Waals surface area contributed by atoms with E-state index in [0.29, 0.717) is 0 Å². The Morgan fingerprint density at radius 2 is 2.10 bits per heavy atom. The Morgan fingerprint density at radius 1 is 1.30 bits per heavy atom. The van der Waals surface area contributed by atoms with Gasteiger partial charge in [-0.1, -0.05) is 12.1 Å². The summed E-state index contributed by atoms with van der Waals surface area (Å²) in [7, 11) is 7.18. The topological polar surface area (TPSA) is 48.3 Å². The summed E-state index contributed by atoms with van der Waals surface area (Å²) in [6, 6.07) is 6.08. The average Bonchev–Trinajstić information content (AvgIpc) is 2.89. The molecule has 0 saturated heterocycles. The number of hydrogen-bond acceptors (Lipinski definition) is 4. The molecule has 1 atom stereocenters. The molecule has 0 aliphatic heterocycles. The van der Waals surface area contributed by atoms with Crippen molar-refractivity contribution in [1.82, 2.24) is 15.1 Å². The molecule has 1 aromatic carbocycles. The molecule has 0 amide bonds. The number of aryl methyl sites for hydroxylation is 1. The van der Waals surface area contributed by atoms with Crippen LogP contribution in [0.1, 0.15) is 17.2 Å². The molecular weight excluding hydrogens is 254 g/mol. The number of methoxy groups -OCH3 is 2. The van der Waals surface area contributed by atoms with Crippen LogP contribution in [0.15, 0.2) is 30.6 Å². The van der Waals surface area contributed by atoms with E-state index in [1.54, 1.807) is 14.2 Å². The monoisotopic (exact) mass is 275 g/mol. The standard InChI is InChI=1S/C15H21N3O2/c1-16-13(8-11-9-17-18(2)10-11)12-6-5-7-14(19-3)15(12)20-4/h5-7,9-10,13,16H,8H2,1-4H3. The van der Waals surface area contributed by atoms with Gasteiger partial charge in [-0.25, -0.2) is 0 Å². The lowest BCUT2D eigenvalue weighted by molar-refractivity contribution is 0.347. The van der Waals surface area contributed by atoms with Crippen molar-refractivity contribution in [3.63, 3.8) is 0 Å². The van der Waals surface area contributed by atoms with Crippen LogP contribution in [0.3, 0.4) is 0 Å². The van der Waals surface area contributed by atoms with E-state index in [0.717, 1.165) is 23.5 Å². The van der Waals surface area contributed by atoms with Crippen LogP contribution < -0.4 is 14.8 Å². The van der Waals surface area contributed by atoms with Gasteiger partial charge in [0, 0.05) is 24.8 Å². The quantitative estimate of drug-likeness (QED) is 0.875. The van der Waals surface area contributed by atoms with Gasteiger partial charge in [0.25, 0.3) is 0 Å². The highest BCUT2D eigenvalue weighted by molar-refractivity contribution is 5.48. The van der Waals surface area contributed by atoms with Crippen molar-refractivity contribution in [2.24, 2.45) is 7.05 Å². The second kappa shape index (κ2) is 6.43. The Bertz CT molecular complexity index is 566. The van der Waals surface area contributed by atoms with Crippen molar-refractivity contribution in [1.29, 1.82) is 0 Å². The fraction of sp³-hybridized carbons (Fsp3) is 0.400. The van der Waals surface area contributed by atoms with E-state index in [-0.39, 0.29) is 6.04 Å². The Hall–Kier alpha value is -2.01. The lowest BCUT2D eigenvalue weighted by Crippen LogP contribution is -2.19. The summed E-state index contributed by atoms with van der Waals surface area (Å²) in [5.41, 5.74) is 2.26. The molecule has 0 aliphatic carbocycles. The fourth-order valence-electron chi connectivity index (χ4n) is 2.37. The summed E-state index contributed by atoms with van der Waals surface area (Å²) >= 11 is 0. The minimum absolute atomic E-state index is 0.143. The minimum atomic E-state index is 0.143. The summed E-state index contributed by atoms with van der Waals surface area (Å²) in [6.45, 7) is 0. The van der Waals surface area contributed by atoms with E-state index >= 15 is 0 Å². The Kier molecular flexibility index (Phi) is 4.63. The third kappa shape index (κ3) is 2.93. The molecule has 0 aliphatic rings. The third-order valence-electron chi connectivity index (χ3n) is 3.36. The van der Waals surface area contributed by atoms with Crippen LogP contribution in [0, 0.1) is 0 Å². The van der Waals surface area contributed by atoms with Crippen LogP contribution in [-0.2, 0) is 13.5 Å². The van der Waals surface area contributed by atoms with Crippen LogP contribution >= 0.6 is 0 Å². The molecule has 0 radical (unpaired) electrons. The maximum Gasteiger partial charge on any atom is 0.165 e. The van der Waals surface area contributed by atoms with Gasteiger partial charge in [-0.15, -0.1) is 0 Å². The van der Waals surface area contributed by atoms with Crippen molar-refractivity contribution < 1.29 is 9.47 Å². The number of nitrogens with zero attached hydrogens (tertiary/aromatic N) is 2. The zero-order valence-electron chi connectivity index (χ0n) is 12.4. The predicted molar refractivity (Wildman–Crippen MR) is 78.3 cm³/mol. The van der Waals surface area contributed by atoms with Gasteiger partial charge in [0.05, 0.1) is 20.4 Å². The highest BCUT2D eigenvalue weighted by Crippen LogP contribution is 2.35. The van der Waals surface area contributed by atoms with Crippen molar-refractivity contribution in [3.05, 3.63) is 41.7 Å². The first kappa shape index (κ1) is 14.4. The fourth-order valence-corrected chi connectivity index (χ4v) is 2.37. The Labute approximate surface area is 119 Å². The van der Waals surface area contributed by atoms with Gasteiger partial charge in [0.2, 0.25) is 0 Å². The summed E-state index contributed by atoms with van der Waals surface area (Å²) in [5.74, 6) is 1.52. The van der Waals surface area contributed by atoms with E-state index in [1.807, 2.05) is 43.3 Å².